The molecular weight excluding hydrogens is 268 g/mol. The van der Waals surface area contributed by atoms with Gasteiger partial charge in [-0.15, -0.1) is 0 Å². The minimum atomic E-state index is -0.160. The zero-order chi connectivity index (χ0) is 15.5. The zero-order valence-corrected chi connectivity index (χ0v) is 13.2. The maximum Gasteiger partial charge on any atom is 0.315 e. The Bertz CT molecular complexity index is 422. The lowest BCUT2D eigenvalue weighted by Gasteiger charge is -2.20. The summed E-state index contributed by atoms with van der Waals surface area (Å²) in [5.41, 5.74) is 1.04. The summed E-state index contributed by atoms with van der Waals surface area (Å²) >= 11 is 0. The summed E-state index contributed by atoms with van der Waals surface area (Å²) in [6, 6.07) is 3.77. The third kappa shape index (κ3) is 6.44. The first-order valence-corrected chi connectivity index (χ1v) is 7.41. The molecule has 1 aromatic rings. The molecule has 1 rings (SSSR count). The maximum absolute atomic E-state index is 11.6. The van der Waals surface area contributed by atoms with Crippen molar-refractivity contribution >= 4 is 11.8 Å². The number of pyridine rings is 1. The van der Waals surface area contributed by atoms with E-state index < -0.39 is 0 Å². The Morgan fingerprint density at radius 3 is 2.76 bits per heavy atom. The largest absolute Gasteiger partial charge is 0.385 e. The predicted octanol–water partition coefficient (Wildman–Crippen LogP) is 1.76. The van der Waals surface area contributed by atoms with Crippen LogP contribution in [0.15, 0.2) is 18.3 Å². The molecule has 1 heterocycles. The summed E-state index contributed by atoms with van der Waals surface area (Å²) in [6.07, 6.45) is 2.59. The molecule has 0 aliphatic carbocycles. The van der Waals surface area contributed by atoms with Crippen molar-refractivity contribution in [3.8, 4) is 0 Å². The molecule has 0 spiro atoms. The molecule has 0 saturated heterocycles. The van der Waals surface area contributed by atoms with Crippen molar-refractivity contribution in [2.24, 2.45) is 0 Å². The highest BCUT2D eigenvalue weighted by molar-refractivity contribution is 5.73. The van der Waals surface area contributed by atoms with Gasteiger partial charge in [0.2, 0.25) is 0 Å². The highest BCUT2D eigenvalue weighted by atomic mass is 16.5. The fourth-order valence-corrected chi connectivity index (χ4v) is 1.95. The molecule has 0 aromatic carbocycles. The number of rotatable bonds is 9. The number of ether oxygens (including phenoxy) is 1. The Balaban J connectivity index is 2.41. The maximum atomic E-state index is 11.6. The van der Waals surface area contributed by atoms with Crippen molar-refractivity contribution in [2.45, 2.75) is 26.8 Å². The summed E-state index contributed by atoms with van der Waals surface area (Å²) in [5, 5.41) is 5.63. The van der Waals surface area contributed by atoms with Gasteiger partial charge >= 0.3 is 6.03 Å². The van der Waals surface area contributed by atoms with Crippen LogP contribution in [-0.2, 0) is 11.3 Å². The van der Waals surface area contributed by atoms with E-state index in [4.69, 9.17) is 4.74 Å². The summed E-state index contributed by atoms with van der Waals surface area (Å²) in [7, 11) is 1.65. The van der Waals surface area contributed by atoms with E-state index in [1.165, 1.54) is 0 Å². The Labute approximate surface area is 126 Å². The number of nitrogens with one attached hydrogen (secondary N) is 2. The fourth-order valence-electron chi connectivity index (χ4n) is 1.95. The molecule has 0 radical (unpaired) electrons. The van der Waals surface area contributed by atoms with Gasteiger partial charge in [0, 0.05) is 46.1 Å². The van der Waals surface area contributed by atoms with E-state index in [0.29, 0.717) is 19.7 Å². The van der Waals surface area contributed by atoms with Gasteiger partial charge in [-0.3, -0.25) is 0 Å². The monoisotopic (exact) mass is 294 g/mol. The van der Waals surface area contributed by atoms with Crippen molar-refractivity contribution in [3.63, 3.8) is 0 Å². The summed E-state index contributed by atoms with van der Waals surface area (Å²) in [5.74, 6) is 0.944. The quantitative estimate of drug-likeness (QED) is 0.681. The van der Waals surface area contributed by atoms with Crippen LogP contribution in [0.2, 0.25) is 0 Å². The molecule has 1 aromatic heterocycles. The van der Waals surface area contributed by atoms with Gasteiger partial charge in [-0.05, 0) is 38.0 Å². The Morgan fingerprint density at radius 2 is 2.10 bits per heavy atom. The van der Waals surface area contributed by atoms with Crippen LogP contribution in [0.3, 0.4) is 0 Å². The molecule has 0 atom stereocenters. The number of urea groups is 1. The lowest BCUT2D eigenvalue weighted by atomic mass is 10.2. The normalized spacial score (nSPS) is 10.2. The molecule has 2 N–H and O–H groups in total. The first-order valence-electron chi connectivity index (χ1n) is 7.41. The lowest BCUT2D eigenvalue weighted by molar-refractivity contribution is 0.193. The van der Waals surface area contributed by atoms with Crippen LogP contribution in [0, 0.1) is 0 Å². The molecule has 0 aliphatic rings. The molecular formula is C15H26N4O2. The van der Waals surface area contributed by atoms with E-state index >= 15 is 0 Å². The molecule has 0 bridgehead atoms. The summed E-state index contributed by atoms with van der Waals surface area (Å²) < 4.78 is 4.93. The minimum Gasteiger partial charge on any atom is -0.385 e. The van der Waals surface area contributed by atoms with Gasteiger partial charge in [-0.2, -0.15) is 0 Å². The number of hydrogen-bond acceptors (Lipinski definition) is 4. The van der Waals surface area contributed by atoms with Crippen LogP contribution in [0.4, 0.5) is 10.6 Å². The Hall–Kier alpha value is -1.82. The number of methoxy groups -OCH3 is 1. The van der Waals surface area contributed by atoms with Gasteiger partial charge in [0.25, 0.3) is 0 Å². The standard InChI is InChI=1S/C15H26N4O2/c1-4-19(5-2)14-11-13(7-9-16-14)12-18-15(20)17-8-6-10-21-3/h7,9,11H,4-6,8,10,12H2,1-3H3,(H2,17,18,20). The fraction of sp³-hybridized carbons (Fsp3) is 0.600. The molecule has 118 valence electrons. The van der Waals surface area contributed by atoms with Crippen molar-refractivity contribution < 1.29 is 9.53 Å². The van der Waals surface area contributed by atoms with Gasteiger partial charge in [-0.1, -0.05) is 0 Å². The Kier molecular flexibility index (Phi) is 8.19. The molecule has 0 saturated carbocycles. The van der Waals surface area contributed by atoms with Gasteiger partial charge in [0.1, 0.15) is 5.82 Å². The van der Waals surface area contributed by atoms with Gasteiger partial charge in [0.15, 0.2) is 0 Å². The average Bonchev–Trinajstić information content (AvgIpc) is 2.51. The van der Waals surface area contributed by atoms with E-state index in [1.54, 1.807) is 13.3 Å². The summed E-state index contributed by atoms with van der Waals surface area (Å²) in [6.45, 7) is 7.79. The van der Waals surface area contributed by atoms with Crippen LogP contribution in [0.5, 0.6) is 0 Å². The van der Waals surface area contributed by atoms with E-state index in [0.717, 1.165) is 30.9 Å². The molecule has 6 nitrogen and oxygen atoms in total. The van der Waals surface area contributed by atoms with Crippen LogP contribution < -0.4 is 15.5 Å². The van der Waals surface area contributed by atoms with Crippen molar-refractivity contribution in [3.05, 3.63) is 23.9 Å². The number of amides is 2. The van der Waals surface area contributed by atoms with E-state index in [-0.39, 0.29) is 6.03 Å². The molecule has 21 heavy (non-hydrogen) atoms. The first-order chi connectivity index (χ1) is 10.2. The van der Waals surface area contributed by atoms with E-state index in [1.807, 2.05) is 12.1 Å². The molecule has 6 heteroatoms. The first kappa shape index (κ1) is 17.2. The smallest absolute Gasteiger partial charge is 0.315 e. The van der Waals surface area contributed by atoms with Crippen LogP contribution in [0.25, 0.3) is 0 Å². The predicted molar refractivity (Wildman–Crippen MR) is 84.5 cm³/mol. The third-order valence-corrected chi connectivity index (χ3v) is 3.16. The Morgan fingerprint density at radius 1 is 1.33 bits per heavy atom. The lowest BCUT2D eigenvalue weighted by Crippen LogP contribution is -2.35. The second kappa shape index (κ2) is 9.99. The van der Waals surface area contributed by atoms with Crippen molar-refractivity contribution in [2.75, 3.05) is 38.3 Å². The molecule has 0 fully saturated rings. The van der Waals surface area contributed by atoms with Crippen molar-refractivity contribution in [1.82, 2.24) is 15.6 Å². The zero-order valence-electron chi connectivity index (χ0n) is 13.2. The topological polar surface area (TPSA) is 66.5 Å². The average molecular weight is 294 g/mol. The van der Waals surface area contributed by atoms with Gasteiger partial charge in [0.05, 0.1) is 0 Å². The number of hydrogen-bond donors (Lipinski definition) is 2. The second-order valence-corrected chi connectivity index (χ2v) is 4.65. The van der Waals surface area contributed by atoms with Crippen LogP contribution in [0.1, 0.15) is 25.8 Å². The second-order valence-electron chi connectivity index (χ2n) is 4.65. The van der Waals surface area contributed by atoms with E-state index in [2.05, 4.69) is 34.4 Å². The third-order valence-electron chi connectivity index (χ3n) is 3.16. The number of aromatic nitrogens is 1. The van der Waals surface area contributed by atoms with Crippen molar-refractivity contribution in [1.29, 1.82) is 0 Å². The number of carbonyl (C=O) groups excluding carboxylic acids is 1. The number of nitrogens with zero attached hydrogens (tertiary/aromatic N) is 2. The van der Waals surface area contributed by atoms with Gasteiger partial charge < -0.3 is 20.3 Å². The summed E-state index contributed by atoms with van der Waals surface area (Å²) in [4.78, 5) is 18.2. The highest BCUT2D eigenvalue weighted by Gasteiger charge is 2.05. The van der Waals surface area contributed by atoms with Crippen LogP contribution in [-0.4, -0.2) is 44.4 Å². The number of anilines is 1. The molecule has 2 amide bonds. The molecule has 0 aliphatic heterocycles. The number of carbonyl (C=O) groups is 1. The minimum absolute atomic E-state index is 0.160. The SMILES string of the molecule is CCN(CC)c1cc(CNC(=O)NCCCOC)ccn1. The highest BCUT2D eigenvalue weighted by Crippen LogP contribution is 2.12. The van der Waals surface area contributed by atoms with Crippen LogP contribution >= 0.6 is 0 Å². The molecule has 0 unspecified atom stereocenters. The van der Waals surface area contributed by atoms with Gasteiger partial charge in [-0.25, -0.2) is 9.78 Å². The van der Waals surface area contributed by atoms with E-state index in [9.17, 15) is 4.79 Å².